The van der Waals surface area contributed by atoms with Gasteiger partial charge in [0, 0.05) is 12.6 Å². The zero-order chi connectivity index (χ0) is 15.5. The SMILES string of the molecule is CCN(CC(=O)O)S(=O)(=O)c1ccc([N+](=O)[O-])cc1F. The van der Waals surface area contributed by atoms with Crippen molar-refractivity contribution < 1.29 is 27.6 Å². The fraction of sp³-hybridized carbons (Fsp3) is 0.300. The van der Waals surface area contributed by atoms with E-state index in [2.05, 4.69) is 0 Å². The van der Waals surface area contributed by atoms with Crippen LogP contribution in [0.5, 0.6) is 0 Å². The highest BCUT2D eigenvalue weighted by Gasteiger charge is 2.29. The second-order valence-corrected chi connectivity index (χ2v) is 5.60. The number of nitro benzene ring substituents is 1. The number of sulfonamides is 1. The van der Waals surface area contributed by atoms with Crippen molar-refractivity contribution in [3.05, 3.63) is 34.1 Å². The van der Waals surface area contributed by atoms with E-state index in [0.29, 0.717) is 10.4 Å². The number of nitro groups is 1. The number of rotatable bonds is 6. The number of non-ortho nitro benzene ring substituents is 1. The minimum Gasteiger partial charge on any atom is -0.480 e. The first kappa shape index (κ1) is 16.0. The molecular weight excluding hydrogens is 295 g/mol. The van der Waals surface area contributed by atoms with Crippen LogP contribution in [0.1, 0.15) is 6.92 Å². The van der Waals surface area contributed by atoms with Crippen molar-refractivity contribution in [1.29, 1.82) is 0 Å². The Hall–Kier alpha value is -2.07. The van der Waals surface area contributed by atoms with Crippen molar-refractivity contribution in [1.82, 2.24) is 4.31 Å². The summed E-state index contributed by atoms with van der Waals surface area (Å²) in [6.07, 6.45) is 0. The summed E-state index contributed by atoms with van der Waals surface area (Å²) in [4.78, 5) is 19.4. The summed E-state index contributed by atoms with van der Waals surface area (Å²) in [5, 5.41) is 19.1. The fourth-order valence-electron chi connectivity index (χ4n) is 1.47. The van der Waals surface area contributed by atoms with Gasteiger partial charge in [0.1, 0.15) is 17.3 Å². The number of nitrogens with zero attached hydrogens (tertiary/aromatic N) is 2. The van der Waals surface area contributed by atoms with Crippen LogP contribution >= 0.6 is 0 Å². The zero-order valence-corrected chi connectivity index (χ0v) is 11.1. The van der Waals surface area contributed by atoms with Crippen LogP contribution in [-0.2, 0) is 14.8 Å². The molecule has 0 spiro atoms. The average molecular weight is 306 g/mol. The van der Waals surface area contributed by atoms with Crippen molar-refractivity contribution in [2.75, 3.05) is 13.1 Å². The third-order valence-electron chi connectivity index (χ3n) is 2.41. The number of aliphatic carboxylic acids is 1. The van der Waals surface area contributed by atoms with Gasteiger partial charge in [-0.15, -0.1) is 0 Å². The number of hydrogen-bond acceptors (Lipinski definition) is 5. The van der Waals surface area contributed by atoms with E-state index in [1.165, 1.54) is 6.92 Å². The lowest BCUT2D eigenvalue weighted by Crippen LogP contribution is -2.35. The van der Waals surface area contributed by atoms with E-state index in [0.717, 1.165) is 12.1 Å². The third-order valence-corrected chi connectivity index (χ3v) is 4.36. The van der Waals surface area contributed by atoms with E-state index >= 15 is 0 Å². The highest BCUT2D eigenvalue weighted by molar-refractivity contribution is 7.89. The maximum Gasteiger partial charge on any atom is 0.318 e. The molecule has 1 N–H and O–H groups in total. The van der Waals surface area contributed by atoms with E-state index in [9.17, 15) is 27.7 Å². The second-order valence-electron chi connectivity index (χ2n) is 3.70. The topological polar surface area (TPSA) is 118 Å². The summed E-state index contributed by atoms with van der Waals surface area (Å²) in [5.41, 5.74) is -0.595. The van der Waals surface area contributed by atoms with Gasteiger partial charge in [0.05, 0.1) is 11.0 Å². The maximum absolute atomic E-state index is 13.7. The van der Waals surface area contributed by atoms with Gasteiger partial charge in [0.2, 0.25) is 10.0 Å². The lowest BCUT2D eigenvalue weighted by molar-refractivity contribution is -0.385. The van der Waals surface area contributed by atoms with E-state index in [-0.39, 0.29) is 6.54 Å². The number of carbonyl (C=O) groups is 1. The molecule has 10 heteroatoms. The first-order valence-electron chi connectivity index (χ1n) is 5.36. The molecule has 0 fully saturated rings. The van der Waals surface area contributed by atoms with Gasteiger partial charge in [0.25, 0.3) is 5.69 Å². The van der Waals surface area contributed by atoms with Crippen LogP contribution in [0.2, 0.25) is 0 Å². The van der Waals surface area contributed by atoms with Crippen molar-refractivity contribution >= 4 is 21.7 Å². The van der Waals surface area contributed by atoms with Crippen LogP contribution in [-0.4, -0.2) is 41.8 Å². The predicted molar refractivity (Wildman–Crippen MR) is 65.1 cm³/mol. The lowest BCUT2D eigenvalue weighted by atomic mass is 10.3. The maximum atomic E-state index is 13.7. The molecule has 8 nitrogen and oxygen atoms in total. The summed E-state index contributed by atoms with van der Waals surface area (Å²) in [6, 6.07) is 2.05. The predicted octanol–water partition coefficient (Wildman–Crippen LogP) is 0.829. The van der Waals surface area contributed by atoms with Gasteiger partial charge in [-0.1, -0.05) is 6.92 Å². The van der Waals surface area contributed by atoms with Gasteiger partial charge in [-0.2, -0.15) is 4.31 Å². The first-order chi connectivity index (χ1) is 9.20. The number of benzene rings is 1. The Kier molecular flexibility index (Phi) is 4.73. The quantitative estimate of drug-likeness (QED) is 0.614. The number of likely N-dealkylation sites (N-methyl/N-ethyl adjacent to an activating group) is 1. The summed E-state index contributed by atoms with van der Waals surface area (Å²) in [6.45, 7) is 0.393. The molecule has 20 heavy (non-hydrogen) atoms. The van der Waals surface area contributed by atoms with Crippen LogP contribution in [0.3, 0.4) is 0 Å². The van der Waals surface area contributed by atoms with Gasteiger partial charge in [-0.05, 0) is 6.07 Å². The summed E-state index contributed by atoms with van der Waals surface area (Å²) >= 11 is 0. The monoisotopic (exact) mass is 306 g/mol. The molecule has 0 radical (unpaired) electrons. The molecule has 1 aromatic rings. The Morgan fingerprint density at radius 1 is 1.50 bits per heavy atom. The molecule has 0 heterocycles. The number of carboxylic acids is 1. The van der Waals surface area contributed by atoms with Crippen LogP contribution in [0.25, 0.3) is 0 Å². The number of carboxylic acid groups (broad SMARTS) is 1. The Balaban J connectivity index is 3.27. The number of hydrogen-bond donors (Lipinski definition) is 1. The van der Waals surface area contributed by atoms with Crippen LogP contribution in [0, 0.1) is 15.9 Å². The molecular formula is C10H11FN2O6S. The summed E-state index contributed by atoms with van der Waals surface area (Å²) < 4.78 is 38.3. The Bertz CT molecular complexity index is 645. The molecule has 0 amide bonds. The molecule has 0 bridgehead atoms. The van der Waals surface area contributed by atoms with Crippen molar-refractivity contribution in [2.24, 2.45) is 0 Å². The molecule has 0 aliphatic heterocycles. The van der Waals surface area contributed by atoms with Crippen LogP contribution in [0.15, 0.2) is 23.1 Å². The van der Waals surface area contributed by atoms with Gasteiger partial charge >= 0.3 is 5.97 Å². The number of halogens is 1. The minimum absolute atomic E-state index is 0.176. The molecule has 110 valence electrons. The summed E-state index contributed by atoms with van der Waals surface area (Å²) in [7, 11) is -4.36. The van der Waals surface area contributed by atoms with E-state index in [4.69, 9.17) is 5.11 Å². The van der Waals surface area contributed by atoms with Crippen molar-refractivity contribution in [3.63, 3.8) is 0 Å². The Labute approximate surface area is 113 Å². The first-order valence-corrected chi connectivity index (χ1v) is 6.80. The second kappa shape index (κ2) is 5.92. The summed E-state index contributed by atoms with van der Waals surface area (Å²) in [5.74, 6) is -2.69. The smallest absolute Gasteiger partial charge is 0.318 e. The third kappa shape index (κ3) is 3.27. The molecule has 0 atom stereocenters. The van der Waals surface area contributed by atoms with Crippen molar-refractivity contribution in [2.45, 2.75) is 11.8 Å². The Morgan fingerprint density at radius 2 is 2.10 bits per heavy atom. The standard InChI is InChI=1S/C10H11FN2O6S/c1-2-12(6-10(14)15)20(18,19)9-4-3-7(13(16)17)5-8(9)11/h3-5H,2,6H2,1H3,(H,14,15). The van der Waals surface area contributed by atoms with Gasteiger partial charge in [-0.25, -0.2) is 12.8 Å². The van der Waals surface area contributed by atoms with E-state index in [1.54, 1.807) is 0 Å². The zero-order valence-electron chi connectivity index (χ0n) is 10.3. The lowest BCUT2D eigenvalue weighted by Gasteiger charge is -2.18. The molecule has 1 aromatic carbocycles. The highest BCUT2D eigenvalue weighted by Crippen LogP contribution is 2.23. The van der Waals surface area contributed by atoms with E-state index < -0.39 is 43.9 Å². The molecule has 0 saturated carbocycles. The van der Waals surface area contributed by atoms with Crippen molar-refractivity contribution in [3.8, 4) is 0 Å². The molecule has 0 aliphatic carbocycles. The molecule has 0 aliphatic rings. The van der Waals surface area contributed by atoms with E-state index in [1.807, 2.05) is 0 Å². The molecule has 0 aromatic heterocycles. The van der Waals surface area contributed by atoms with Gasteiger partial charge < -0.3 is 5.11 Å². The van der Waals surface area contributed by atoms with Crippen LogP contribution < -0.4 is 0 Å². The van der Waals surface area contributed by atoms with Gasteiger partial charge in [0.15, 0.2) is 0 Å². The Morgan fingerprint density at radius 3 is 2.50 bits per heavy atom. The average Bonchev–Trinajstić information content (AvgIpc) is 2.34. The fourth-order valence-corrected chi connectivity index (χ4v) is 2.91. The van der Waals surface area contributed by atoms with Crippen LogP contribution in [0.4, 0.5) is 10.1 Å². The molecule has 0 saturated heterocycles. The molecule has 1 rings (SSSR count). The normalized spacial score (nSPS) is 11.6. The van der Waals surface area contributed by atoms with Gasteiger partial charge in [-0.3, -0.25) is 14.9 Å². The highest BCUT2D eigenvalue weighted by atomic mass is 32.2. The molecule has 0 unspecified atom stereocenters. The minimum atomic E-state index is -4.36. The largest absolute Gasteiger partial charge is 0.480 e.